The number of aromatic hydroxyl groups is 1. The lowest BCUT2D eigenvalue weighted by atomic mass is 9.58. The number of carbonyl (C=O) groups excluding carboxylic acids is 3. The number of benzene rings is 1. The number of nitrogens with one attached hydrogen (secondary N) is 1. The topological polar surface area (TPSA) is 200 Å². The number of aliphatic hydroxyl groups is 3. The summed E-state index contributed by atoms with van der Waals surface area (Å²) in [4.78, 5) is 42.8. The number of nitrogens with two attached hydrogens (primary N) is 1. The van der Waals surface area contributed by atoms with Gasteiger partial charge in [0.25, 0.3) is 5.91 Å². The van der Waals surface area contributed by atoms with Crippen molar-refractivity contribution in [3.63, 3.8) is 0 Å². The number of amides is 1. The van der Waals surface area contributed by atoms with Gasteiger partial charge in [0.05, 0.1) is 17.7 Å². The van der Waals surface area contributed by atoms with Gasteiger partial charge in [-0.15, -0.1) is 0 Å². The quantitative estimate of drug-likeness (QED) is 0.204. The number of ketones is 2. The van der Waals surface area contributed by atoms with Gasteiger partial charge in [-0.25, -0.2) is 0 Å². The monoisotopic (exact) mass is 539 g/mol. The first-order valence-corrected chi connectivity index (χ1v) is 12.6. The van der Waals surface area contributed by atoms with Crippen LogP contribution < -0.4 is 16.0 Å². The summed E-state index contributed by atoms with van der Waals surface area (Å²) in [5.41, 5.74) is 3.23. The van der Waals surface area contributed by atoms with Crippen LogP contribution in [-0.4, -0.2) is 89.2 Å². The molecule has 0 spiro atoms. The Kier molecular flexibility index (Phi) is 7.20. The number of hydrogen-bond acceptors (Lipinski definition) is 11. The van der Waals surface area contributed by atoms with Gasteiger partial charge >= 0.3 is 0 Å². The summed E-state index contributed by atoms with van der Waals surface area (Å²) in [5, 5.41) is 57.0. The maximum absolute atomic E-state index is 14.0. The number of nitriles is 1. The van der Waals surface area contributed by atoms with Gasteiger partial charge in [-0.1, -0.05) is 0 Å². The van der Waals surface area contributed by atoms with Gasteiger partial charge in [-0.2, -0.15) is 5.26 Å². The number of primary amides is 1. The van der Waals surface area contributed by atoms with Crippen molar-refractivity contribution in [2.24, 2.45) is 17.6 Å². The molecule has 0 aromatic heterocycles. The summed E-state index contributed by atoms with van der Waals surface area (Å²) < 4.78 is 0. The number of likely N-dealkylation sites (N-methyl/N-ethyl adjacent to an activating group) is 1. The molecule has 0 heterocycles. The summed E-state index contributed by atoms with van der Waals surface area (Å²) in [6.07, 6.45) is 0.487. The van der Waals surface area contributed by atoms with Crippen molar-refractivity contribution < 1.29 is 34.8 Å². The predicted molar refractivity (Wildman–Crippen MR) is 140 cm³/mol. The van der Waals surface area contributed by atoms with E-state index in [9.17, 15) is 34.8 Å². The van der Waals surface area contributed by atoms with Crippen LogP contribution in [0.1, 0.15) is 34.3 Å². The molecule has 0 bridgehead atoms. The van der Waals surface area contributed by atoms with Gasteiger partial charge in [-0.3, -0.25) is 19.3 Å². The summed E-state index contributed by atoms with van der Waals surface area (Å²) in [5.74, 6) is -6.80. The number of nitrogens with zero attached hydrogens (tertiary/aromatic N) is 3. The van der Waals surface area contributed by atoms with Gasteiger partial charge in [-0.05, 0) is 44.5 Å². The zero-order chi connectivity index (χ0) is 29.0. The fourth-order valence-corrected chi connectivity index (χ4v) is 6.25. The molecule has 0 radical (unpaired) electrons. The minimum atomic E-state index is -2.68. The van der Waals surface area contributed by atoms with Crippen molar-refractivity contribution in [3.05, 3.63) is 45.4 Å². The number of allylic oxidation sites excluding steroid dienone is 1. The number of aliphatic hydroxyl groups excluding tert-OH is 2. The van der Waals surface area contributed by atoms with Crippen LogP contribution in [0.2, 0.25) is 0 Å². The van der Waals surface area contributed by atoms with E-state index in [4.69, 9.17) is 11.0 Å². The van der Waals surface area contributed by atoms with E-state index in [0.29, 0.717) is 23.4 Å². The van der Waals surface area contributed by atoms with Crippen molar-refractivity contribution in [2.45, 2.75) is 37.5 Å². The van der Waals surface area contributed by atoms with Crippen LogP contribution in [0.3, 0.4) is 0 Å². The third-order valence-corrected chi connectivity index (χ3v) is 7.99. The zero-order valence-corrected chi connectivity index (χ0v) is 22.3. The molecular weight excluding hydrogens is 506 g/mol. The van der Waals surface area contributed by atoms with Crippen LogP contribution in [0.25, 0.3) is 0 Å². The molecule has 1 amide bonds. The molecule has 0 unspecified atom stereocenters. The highest BCUT2D eigenvalue weighted by atomic mass is 16.3. The van der Waals surface area contributed by atoms with Gasteiger partial charge in [0.1, 0.15) is 22.8 Å². The molecule has 4 atom stereocenters. The first-order valence-electron chi connectivity index (χ1n) is 12.6. The molecule has 0 fully saturated rings. The Morgan fingerprint density at radius 3 is 2.46 bits per heavy atom. The molecule has 3 aliphatic rings. The maximum Gasteiger partial charge on any atom is 0.255 e. The highest BCUT2D eigenvalue weighted by molar-refractivity contribution is 6.24. The number of anilines is 1. The number of Topliss-reactive ketones (excluding diaryl/α,β-unsaturated/α-hetero) is 2. The average Bonchev–Trinajstić information content (AvgIpc) is 2.84. The summed E-state index contributed by atoms with van der Waals surface area (Å²) in [6, 6.07) is 2.74. The number of phenols is 1. The number of hydrogen-bond donors (Lipinski definition) is 6. The largest absolute Gasteiger partial charge is 0.510 e. The standard InChI is InChI=1S/C27H33N5O7/c1-31(2)16-10-13(11-30-7-5-6-28)21(33)18-14(16)8-12-9-15-20(32(3)4)23(35)19(26(29)38)25(37)27(15,39)24(36)17(12)22(18)34/h10,12,15,20,30,33,35-36,39H,5,7-9,11H2,1-4H3,(H2,29,38)/t12-,15-,20-,27-/m0/s1. The highest BCUT2D eigenvalue weighted by Gasteiger charge is 2.63. The van der Waals surface area contributed by atoms with Gasteiger partial charge in [0, 0.05) is 56.3 Å². The molecule has 1 aromatic rings. The Hall–Kier alpha value is -3.92. The molecule has 0 aliphatic heterocycles. The molecule has 0 saturated carbocycles. The molecule has 1 aromatic carbocycles. The third-order valence-electron chi connectivity index (χ3n) is 7.99. The third kappa shape index (κ3) is 4.14. The fraction of sp³-hybridized carbons (Fsp3) is 0.481. The Morgan fingerprint density at radius 1 is 1.23 bits per heavy atom. The smallest absolute Gasteiger partial charge is 0.255 e. The molecule has 4 rings (SSSR count). The van der Waals surface area contributed by atoms with Crippen LogP contribution in [0.4, 0.5) is 5.69 Å². The number of carbonyl (C=O) groups is 3. The van der Waals surface area contributed by atoms with Crippen molar-refractivity contribution in [1.29, 1.82) is 5.26 Å². The van der Waals surface area contributed by atoms with Gasteiger partial charge in [0.15, 0.2) is 11.4 Å². The molecular formula is C27H33N5O7. The maximum atomic E-state index is 14.0. The average molecular weight is 540 g/mol. The van der Waals surface area contributed by atoms with E-state index in [1.165, 1.54) is 4.90 Å². The second kappa shape index (κ2) is 10.00. The fourth-order valence-electron chi connectivity index (χ4n) is 6.25. The highest BCUT2D eigenvalue weighted by Crippen LogP contribution is 2.53. The molecule has 208 valence electrons. The Morgan fingerprint density at radius 2 is 1.90 bits per heavy atom. The first-order chi connectivity index (χ1) is 18.3. The number of rotatable bonds is 7. The number of phenolic OH excluding ortho intramolecular Hbond substituents is 1. The minimum Gasteiger partial charge on any atom is -0.510 e. The molecule has 39 heavy (non-hydrogen) atoms. The molecule has 3 aliphatic carbocycles. The predicted octanol–water partition coefficient (Wildman–Crippen LogP) is 0.190. The van der Waals surface area contributed by atoms with E-state index in [1.54, 1.807) is 39.2 Å². The van der Waals surface area contributed by atoms with Gasteiger partial charge in [0.2, 0.25) is 5.78 Å². The molecule has 12 heteroatoms. The molecule has 0 saturated heterocycles. The van der Waals surface area contributed by atoms with E-state index in [1.807, 2.05) is 6.07 Å². The van der Waals surface area contributed by atoms with E-state index < -0.39 is 58.0 Å². The first kappa shape index (κ1) is 28.1. The van der Waals surface area contributed by atoms with E-state index in [0.717, 1.165) is 0 Å². The lowest BCUT2D eigenvalue weighted by Crippen LogP contribution is -2.63. The van der Waals surface area contributed by atoms with Crippen LogP contribution >= 0.6 is 0 Å². The van der Waals surface area contributed by atoms with Crippen LogP contribution in [-0.2, 0) is 22.6 Å². The summed E-state index contributed by atoms with van der Waals surface area (Å²) >= 11 is 0. The molecule has 12 nitrogen and oxygen atoms in total. The molecule has 7 N–H and O–H groups in total. The van der Waals surface area contributed by atoms with Crippen molar-refractivity contribution in [1.82, 2.24) is 10.2 Å². The minimum absolute atomic E-state index is 0.0247. The van der Waals surface area contributed by atoms with Crippen LogP contribution in [0.15, 0.2) is 28.7 Å². The van der Waals surface area contributed by atoms with Crippen molar-refractivity contribution in [2.75, 3.05) is 39.6 Å². The van der Waals surface area contributed by atoms with Crippen LogP contribution in [0.5, 0.6) is 5.75 Å². The van der Waals surface area contributed by atoms with Crippen LogP contribution in [0, 0.1) is 23.2 Å². The van der Waals surface area contributed by atoms with E-state index in [-0.39, 0.29) is 42.7 Å². The second-order valence-corrected chi connectivity index (χ2v) is 10.7. The Bertz CT molecular complexity index is 1370. The lowest BCUT2D eigenvalue weighted by molar-refractivity contribution is -0.148. The Labute approximate surface area is 225 Å². The van der Waals surface area contributed by atoms with E-state index >= 15 is 0 Å². The SMILES string of the molecule is CN(C)c1cc(CNCCC#N)c(O)c2c1C[C@H]1C[C@H]3[C@H](N(C)C)C(O)=C(C(N)=O)C(=O)[C@@]3(O)C(O)=C1C2=O. The number of fused-ring (bicyclic) bond motifs is 3. The van der Waals surface area contributed by atoms with Gasteiger partial charge < -0.3 is 36.4 Å². The summed E-state index contributed by atoms with van der Waals surface area (Å²) in [7, 11) is 6.76. The normalized spacial score (nSPS) is 26.2. The van der Waals surface area contributed by atoms with E-state index in [2.05, 4.69) is 5.32 Å². The zero-order valence-electron chi connectivity index (χ0n) is 22.3. The van der Waals surface area contributed by atoms with Crippen molar-refractivity contribution in [3.8, 4) is 11.8 Å². The lowest BCUT2D eigenvalue weighted by Gasteiger charge is -2.50. The Balaban J connectivity index is 1.91. The van der Waals surface area contributed by atoms with Crippen molar-refractivity contribution >= 4 is 23.2 Å². The second-order valence-electron chi connectivity index (χ2n) is 10.7. The summed E-state index contributed by atoms with van der Waals surface area (Å²) in [6.45, 7) is 0.544.